The molecular formula is C13H15BrN2O2. The fraction of sp³-hybridized carbons (Fsp3) is 0.308. The molecule has 0 amide bonds. The quantitative estimate of drug-likeness (QED) is 0.920. The molecule has 18 heavy (non-hydrogen) atoms. The summed E-state index contributed by atoms with van der Waals surface area (Å²) in [7, 11) is 0. The third kappa shape index (κ3) is 2.91. The summed E-state index contributed by atoms with van der Waals surface area (Å²) in [5, 5.41) is 0. The lowest BCUT2D eigenvalue weighted by Gasteiger charge is -2.12. The van der Waals surface area contributed by atoms with E-state index in [-0.39, 0.29) is 6.04 Å². The Labute approximate surface area is 114 Å². The van der Waals surface area contributed by atoms with E-state index in [0.29, 0.717) is 11.3 Å². The molecule has 2 N–H and O–H groups in total. The minimum absolute atomic E-state index is 0.282. The van der Waals surface area contributed by atoms with Crippen LogP contribution in [0.5, 0.6) is 5.75 Å². The smallest absolute Gasteiger partial charge is 0.174 e. The molecule has 0 aliphatic carbocycles. The number of pyridine rings is 1. The second kappa shape index (κ2) is 6.02. The van der Waals surface area contributed by atoms with Gasteiger partial charge in [0.25, 0.3) is 0 Å². The molecule has 0 aliphatic heterocycles. The largest absolute Gasteiger partial charge is 0.492 e. The van der Waals surface area contributed by atoms with E-state index in [4.69, 9.17) is 14.9 Å². The minimum Gasteiger partial charge on any atom is -0.492 e. The number of nitrogens with zero attached hydrogens (tertiary/aromatic N) is 1. The normalized spacial score (nSPS) is 12.4. The summed E-state index contributed by atoms with van der Waals surface area (Å²) < 4.78 is 11.4. The molecule has 4 nitrogen and oxygen atoms in total. The predicted octanol–water partition coefficient (Wildman–Crippen LogP) is 3.27. The van der Waals surface area contributed by atoms with Crippen molar-refractivity contribution in [2.24, 2.45) is 5.73 Å². The average Bonchev–Trinajstić information content (AvgIpc) is 2.82. The van der Waals surface area contributed by atoms with Gasteiger partial charge in [-0.15, -0.1) is 0 Å². The molecule has 0 spiro atoms. The van der Waals surface area contributed by atoms with Crippen molar-refractivity contribution in [3.05, 3.63) is 46.6 Å². The van der Waals surface area contributed by atoms with Gasteiger partial charge in [-0.3, -0.25) is 4.98 Å². The molecule has 0 fully saturated rings. The summed E-state index contributed by atoms with van der Waals surface area (Å²) in [5.41, 5.74) is 7.96. The molecule has 0 radical (unpaired) electrons. The van der Waals surface area contributed by atoms with Gasteiger partial charge in [-0.25, -0.2) is 0 Å². The molecule has 0 saturated carbocycles. The summed E-state index contributed by atoms with van der Waals surface area (Å²) in [6.45, 7) is 2.74. The van der Waals surface area contributed by atoms with Crippen molar-refractivity contribution < 1.29 is 9.15 Å². The molecule has 2 rings (SSSR count). The first kappa shape index (κ1) is 13.1. The second-order valence-corrected chi connectivity index (χ2v) is 4.65. The van der Waals surface area contributed by atoms with Gasteiger partial charge >= 0.3 is 0 Å². The monoisotopic (exact) mass is 310 g/mol. The topological polar surface area (TPSA) is 61.3 Å². The number of hydrogen-bond acceptors (Lipinski definition) is 4. The van der Waals surface area contributed by atoms with Crippen LogP contribution in [0.15, 0.2) is 39.9 Å². The molecule has 0 aromatic carbocycles. The highest BCUT2D eigenvalue weighted by molar-refractivity contribution is 9.10. The number of ether oxygens (including phenoxy) is 1. The lowest BCUT2D eigenvalue weighted by Crippen LogP contribution is -2.12. The van der Waals surface area contributed by atoms with Crippen LogP contribution in [0.1, 0.15) is 30.5 Å². The Morgan fingerprint density at radius 3 is 3.00 bits per heavy atom. The number of nitrogens with two attached hydrogens (primary N) is 1. The first-order chi connectivity index (χ1) is 8.72. The van der Waals surface area contributed by atoms with Gasteiger partial charge in [0.15, 0.2) is 4.67 Å². The Balaban J connectivity index is 2.20. The van der Waals surface area contributed by atoms with Crippen LogP contribution in [0.25, 0.3) is 0 Å². The van der Waals surface area contributed by atoms with Gasteiger partial charge in [-0.2, -0.15) is 0 Å². The van der Waals surface area contributed by atoms with Gasteiger partial charge in [0, 0.05) is 11.8 Å². The fourth-order valence-corrected chi connectivity index (χ4v) is 2.10. The predicted molar refractivity (Wildman–Crippen MR) is 72.5 cm³/mol. The van der Waals surface area contributed by atoms with E-state index in [0.717, 1.165) is 23.3 Å². The fourth-order valence-electron chi connectivity index (χ4n) is 1.61. The number of halogens is 1. The van der Waals surface area contributed by atoms with Gasteiger partial charge in [0.1, 0.15) is 5.75 Å². The lowest BCUT2D eigenvalue weighted by atomic mass is 10.0. The van der Waals surface area contributed by atoms with Crippen LogP contribution in [0.3, 0.4) is 0 Å². The first-order valence-corrected chi connectivity index (χ1v) is 6.58. The molecule has 5 heteroatoms. The summed E-state index contributed by atoms with van der Waals surface area (Å²) in [4.78, 5) is 4.15. The van der Waals surface area contributed by atoms with Crippen LogP contribution in [-0.4, -0.2) is 11.6 Å². The maximum Gasteiger partial charge on any atom is 0.174 e. The van der Waals surface area contributed by atoms with E-state index in [1.54, 1.807) is 18.7 Å². The average molecular weight is 311 g/mol. The zero-order valence-corrected chi connectivity index (χ0v) is 11.7. The standard InChI is InChI=1S/C13H15BrN2O2/c1-2-4-17-10-6-9(7-16-8-10)12(15)11-3-5-18-13(11)14/h3,5-8,12H,2,4,15H2,1H3. The highest BCUT2D eigenvalue weighted by Gasteiger charge is 2.15. The summed E-state index contributed by atoms with van der Waals surface area (Å²) >= 11 is 3.33. The van der Waals surface area contributed by atoms with Crippen LogP contribution in [0.2, 0.25) is 0 Å². The number of hydrogen-bond donors (Lipinski definition) is 1. The Morgan fingerprint density at radius 1 is 1.50 bits per heavy atom. The van der Waals surface area contributed by atoms with Gasteiger partial charge in [0.2, 0.25) is 0 Å². The van der Waals surface area contributed by atoms with Gasteiger partial charge in [-0.05, 0) is 40.0 Å². The summed E-state index contributed by atoms with van der Waals surface area (Å²) in [5.74, 6) is 0.740. The van der Waals surface area contributed by atoms with Crippen molar-refractivity contribution in [3.63, 3.8) is 0 Å². The van der Waals surface area contributed by atoms with Crippen molar-refractivity contribution in [1.29, 1.82) is 0 Å². The highest BCUT2D eigenvalue weighted by atomic mass is 79.9. The molecular weight excluding hydrogens is 296 g/mol. The van der Waals surface area contributed by atoms with E-state index in [9.17, 15) is 0 Å². The molecule has 96 valence electrons. The third-order valence-corrected chi connectivity index (χ3v) is 3.19. The molecule has 0 bridgehead atoms. The van der Waals surface area contributed by atoms with Crippen LogP contribution < -0.4 is 10.5 Å². The van der Waals surface area contributed by atoms with E-state index in [2.05, 4.69) is 27.8 Å². The van der Waals surface area contributed by atoms with Crippen molar-refractivity contribution in [2.45, 2.75) is 19.4 Å². The Kier molecular flexibility index (Phi) is 4.38. The van der Waals surface area contributed by atoms with Crippen LogP contribution in [0, 0.1) is 0 Å². The van der Waals surface area contributed by atoms with Crippen molar-refractivity contribution in [3.8, 4) is 5.75 Å². The zero-order valence-electron chi connectivity index (χ0n) is 10.1. The number of rotatable bonds is 5. The van der Waals surface area contributed by atoms with E-state index < -0.39 is 0 Å². The maximum atomic E-state index is 6.17. The van der Waals surface area contributed by atoms with Crippen molar-refractivity contribution >= 4 is 15.9 Å². The molecule has 2 heterocycles. The lowest BCUT2D eigenvalue weighted by molar-refractivity contribution is 0.315. The minimum atomic E-state index is -0.282. The third-order valence-electron chi connectivity index (χ3n) is 2.55. The number of furan rings is 1. The highest BCUT2D eigenvalue weighted by Crippen LogP contribution is 2.28. The Morgan fingerprint density at radius 2 is 2.33 bits per heavy atom. The van der Waals surface area contributed by atoms with Crippen LogP contribution in [-0.2, 0) is 0 Å². The van der Waals surface area contributed by atoms with E-state index in [1.807, 2.05) is 12.1 Å². The zero-order chi connectivity index (χ0) is 13.0. The molecule has 0 aliphatic rings. The first-order valence-electron chi connectivity index (χ1n) is 5.78. The van der Waals surface area contributed by atoms with Gasteiger partial charge < -0.3 is 14.9 Å². The SMILES string of the molecule is CCCOc1cncc(C(N)c2ccoc2Br)c1. The van der Waals surface area contributed by atoms with Crippen LogP contribution >= 0.6 is 15.9 Å². The van der Waals surface area contributed by atoms with Gasteiger partial charge in [-0.1, -0.05) is 6.92 Å². The molecule has 0 saturated heterocycles. The Bertz CT molecular complexity index is 513. The van der Waals surface area contributed by atoms with E-state index in [1.165, 1.54) is 0 Å². The molecule has 1 unspecified atom stereocenters. The molecule has 2 aromatic rings. The summed E-state index contributed by atoms with van der Waals surface area (Å²) in [6.07, 6.45) is 5.99. The van der Waals surface area contributed by atoms with Crippen molar-refractivity contribution in [2.75, 3.05) is 6.61 Å². The second-order valence-electron chi connectivity index (χ2n) is 3.93. The Hall–Kier alpha value is -1.33. The van der Waals surface area contributed by atoms with E-state index >= 15 is 0 Å². The van der Waals surface area contributed by atoms with Crippen LogP contribution in [0.4, 0.5) is 0 Å². The summed E-state index contributed by atoms with van der Waals surface area (Å²) in [6, 6.07) is 3.47. The van der Waals surface area contributed by atoms with Crippen molar-refractivity contribution in [1.82, 2.24) is 4.98 Å². The van der Waals surface area contributed by atoms with Gasteiger partial charge in [0.05, 0.1) is 25.1 Å². The molecule has 1 atom stereocenters. The number of aromatic nitrogens is 1. The molecule has 2 aromatic heterocycles. The maximum absolute atomic E-state index is 6.17.